The van der Waals surface area contributed by atoms with Crippen molar-refractivity contribution >= 4 is 22.9 Å². The topological polar surface area (TPSA) is 82.1 Å². The number of piperazine rings is 1. The molecule has 28 heavy (non-hydrogen) atoms. The van der Waals surface area contributed by atoms with Crippen molar-refractivity contribution in [2.24, 2.45) is 0 Å². The van der Waals surface area contributed by atoms with Gasteiger partial charge in [-0.25, -0.2) is 4.21 Å². The summed E-state index contributed by atoms with van der Waals surface area (Å²) in [5.74, 6) is -0.487. The first-order valence-electron chi connectivity index (χ1n) is 8.96. The van der Waals surface area contributed by atoms with Crippen LogP contribution < -0.4 is 4.72 Å². The van der Waals surface area contributed by atoms with Gasteiger partial charge in [0.15, 0.2) is 0 Å². The van der Waals surface area contributed by atoms with Crippen LogP contribution in [0.3, 0.4) is 0 Å². The van der Waals surface area contributed by atoms with Crippen LogP contribution in [0.4, 0.5) is 18.9 Å². The van der Waals surface area contributed by atoms with Crippen LogP contribution in [0.15, 0.2) is 18.2 Å². The maximum absolute atomic E-state index is 13.3. The minimum absolute atomic E-state index is 0.103. The normalized spacial score (nSPS) is 22.3. The highest BCUT2D eigenvalue weighted by Crippen LogP contribution is 2.36. The summed E-state index contributed by atoms with van der Waals surface area (Å²) in [5, 5.41) is 0. The maximum Gasteiger partial charge on any atom is 0.418 e. The van der Waals surface area contributed by atoms with Crippen molar-refractivity contribution in [1.82, 2.24) is 9.80 Å². The quantitative estimate of drug-likeness (QED) is 0.713. The second-order valence-corrected chi connectivity index (χ2v) is 7.54. The zero-order valence-electron chi connectivity index (χ0n) is 15.1. The number of nitrogens with one attached hydrogen (secondary N) is 1. The Kier molecular flexibility index (Phi) is 6.58. The summed E-state index contributed by atoms with van der Waals surface area (Å²) in [6, 6.07) is 2.94. The van der Waals surface area contributed by atoms with Gasteiger partial charge in [-0.3, -0.25) is 19.0 Å². The predicted molar refractivity (Wildman–Crippen MR) is 97.2 cm³/mol. The molecule has 0 aliphatic carbocycles. The highest BCUT2D eigenvalue weighted by atomic mass is 32.2. The van der Waals surface area contributed by atoms with Gasteiger partial charge in [-0.1, -0.05) is 0 Å². The Hall–Kier alpha value is -1.69. The number of nitrogens with zero attached hydrogens (tertiary/aromatic N) is 2. The number of halogens is 3. The van der Waals surface area contributed by atoms with E-state index in [-0.39, 0.29) is 11.7 Å². The number of alkyl halides is 3. The van der Waals surface area contributed by atoms with Crippen molar-refractivity contribution < 1.29 is 31.5 Å². The van der Waals surface area contributed by atoms with Gasteiger partial charge < -0.3 is 9.64 Å². The Morgan fingerprint density at radius 2 is 2.00 bits per heavy atom. The summed E-state index contributed by atoms with van der Waals surface area (Å²) in [5.41, 5.74) is -1.81. The number of hydrogen-bond acceptors (Lipinski definition) is 4. The number of benzene rings is 1. The third kappa shape index (κ3) is 5.22. The Balaban J connectivity index is 1.66. The van der Waals surface area contributed by atoms with Crippen molar-refractivity contribution in [3.05, 3.63) is 29.3 Å². The van der Waals surface area contributed by atoms with Crippen molar-refractivity contribution in [1.29, 1.82) is 0 Å². The second-order valence-electron chi connectivity index (χ2n) is 6.84. The fourth-order valence-corrected chi connectivity index (χ4v) is 3.85. The summed E-state index contributed by atoms with van der Waals surface area (Å²) in [6.07, 6.45) is -2.47. The van der Waals surface area contributed by atoms with E-state index in [1.807, 2.05) is 4.72 Å². The number of anilines is 1. The van der Waals surface area contributed by atoms with Gasteiger partial charge in [-0.05, 0) is 31.0 Å². The van der Waals surface area contributed by atoms with Crippen molar-refractivity contribution in [2.45, 2.75) is 25.1 Å². The molecule has 0 bridgehead atoms. The molecule has 156 valence electrons. The largest absolute Gasteiger partial charge is 0.418 e. The number of carbonyl (C=O) groups is 1. The lowest BCUT2D eigenvalue weighted by atomic mass is 10.1. The number of hydrogen-bond donors (Lipinski definition) is 2. The minimum Gasteiger partial charge on any atom is -0.377 e. The molecule has 0 saturated carbocycles. The lowest BCUT2D eigenvalue weighted by Crippen LogP contribution is -2.50. The molecule has 1 aromatic carbocycles. The van der Waals surface area contributed by atoms with Crippen LogP contribution in [0.2, 0.25) is 0 Å². The molecular formula is C17H22F3N3O4S. The summed E-state index contributed by atoms with van der Waals surface area (Å²) in [7, 11) is 0. The minimum atomic E-state index is -4.77. The summed E-state index contributed by atoms with van der Waals surface area (Å²) < 4.78 is 66.9. The van der Waals surface area contributed by atoms with E-state index in [1.165, 1.54) is 11.0 Å². The number of rotatable bonds is 5. The van der Waals surface area contributed by atoms with Crippen molar-refractivity contribution in [2.75, 3.05) is 44.1 Å². The van der Waals surface area contributed by atoms with E-state index >= 15 is 0 Å². The molecule has 2 aliphatic heterocycles. The Morgan fingerprint density at radius 3 is 2.57 bits per heavy atom. The third-order valence-electron chi connectivity index (χ3n) is 4.91. The molecule has 2 fully saturated rings. The Morgan fingerprint density at radius 1 is 1.29 bits per heavy atom. The zero-order valence-corrected chi connectivity index (χ0v) is 15.9. The molecule has 0 aromatic heterocycles. The fraction of sp³-hybridized carbons (Fsp3) is 0.588. The fourth-order valence-electron chi connectivity index (χ4n) is 3.49. The van der Waals surface area contributed by atoms with E-state index in [9.17, 15) is 22.2 Å². The molecule has 0 radical (unpaired) electrons. The number of ether oxygens (including phenoxy) is 1. The average Bonchev–Trinajstić information content (AvgIpc) is 3.14. The van der Waals surface area contributed by atoms with Crippen LogP contribution in [0.5, 0.6) is 0 Å². The second kappa shape index (κ2) is 8.76. The van der Waals surface area contributed by atoms with Gasteiger partial charge in [0.25, 0.3) is 17.2 Å². The molecule has 2 unspecified atom stereocenters. The molecule has 2 N–H and O–H groups in total. The number of amides is 1. The average molecular weight is 421 g/mol. The van der Waals surface area contributed by atoms with Crippen LogP contribution in [0.1, 0.15) is 28.8 Å². The van der Waals surface area contributed by atoms with Crippen LogP contribution in [-0.2, 0) is 22.2 Å². The molecule has 1 amide bonds. The maximum atomic E-state index is 13.3. The summed E-state index contributed by atoms with van der Waals surface area (Å²) in [4.78, 5) is 16.4. The van der Waals surface area contributed by atoms with E-state index in [1.54, 1.807) is 0 Å². The van der Waals surface area contributed by atoms with E-state index in [2.05, 4.69) is 4.90 Å². The third-order valence-corrected chi connectivity index (χ3v) is 5.31. The van der Waals surface area contributed by atoms with Crippen LogP contribution in [-0.4, -0.2) is 69.9 Å². The molecule has 2 aliphatic rings. The Bertz CT molecular complexity index is 733. The van der Waals surface area contributed by atoms with Crippen LogP contribution in [0, 0.1) is 0 Å². The highest BCUT2D eigenvalue weighted by molar-refractivity contribution is 7.80. The lowest BCUT2D eigenvalue weighted by molar-refractivity contribution is -0.136. The van der Waals surface area contributed by atoms with Crippen LogP contribution >= 0.6 is 0 Å². The predicted octanol–water partition coefficient (Wildman–Crippen LogP) is 2.19. The highest BCUT2D eigenvalue weighted by Gasteiger charge is 2.35. The Labute approximate surface area is 163 Å². The summed E-state index contributed by atoms with van der Waals surface area (Å²) in [6.45, 7) is 3.71. The first-order valence-corrected chi connectivity index (χ1v) is 10.1. The van der Waals surface area contributed by atoms with Crippen molar-refractivity contribution in [3.63, 3.8) is 0 Å². The van der Waals surface area contributed by atoms with Gasteiger partial charge >= 0.3 is 6.18 Å². The van der Waals surface area contributed by atoms with E-state index < -0.39 is 34.6 Å². The smallest absolute Gasteiger partial charge is 0.377 e. The first kappa shape index (κ1) is 21.0. The number of carbonyl (C=O) groups excluding carboxylic acids is 1. The molecule has 2 atom stereocenters. The molecule has 11 heteroatoms. The van der Waals surface area contributed by atoms with Gasteiger partial charge in [0.2, 0.25) is 0 Å². The van der Waals surface area contributed by atoms with Crippen LogP contribution in [0.25, 0.3) is 0 Å². The molecule has 3 rings (SSSR count). The van der Waals surface area contributed by atoms with Gasteiger partial charge in [-0.15, -0.1) is 0 Å². The lowest BCUT2D eigenvalue weighted by Gasteiger charge is -2.35. The molecule has 2 heterocycles. The standard InChI is InChI=1S/C17H22F3N3O4S/c18-17(19,20)14-10-12(3-4-15(14)21-28(25)26)16(24)23-7-5-22(6-8-23)11-13-2-1-9-27-13/h3-4,10,13,21H,1-2,5-9,11H2,(H,25,26). The molecule has 2 saturated heterocycles. The van der Waals surface area contributed by atoms with E-state index in [4.69, 9.17) is 9.29 Å². The SMILES string of the molecule is O=C(c1ccc(NS(=O)O)c(C(F)(F)F)c1)N1CCN(CC2CCCO2)CC1. The van der Waals surface area contributed by atoms with Gasteiger partial charge in [0.1, 0.15) is 0 Å². The molecule has 1 aromatic rings. The van der Waals surface area contributed by atoms with Gasteiger partial charge in [-0.2, -0.15) is 13.2 Å². The molecule has 7 nitrogen and oxygen atoms in total. The van der Waals surface area contributed by atoms with Crippen molar-refractivity contribution in [3.8, 4) is 0 Å². The zero-order chi connectivity index (χ0) is 20.3. The van der Waals surface area contributed by atoms with Gasteiger partial charge in [0.05, 0.1) is 17.4 Å². The first-order chi connectivity index (χ1) is 13.2. The van der Waals surface area contributed by atoms with E-state index in [0.717, 1.165) is 38.1 Å². The van der Waals surface area contributed by atoms with Gasteiger partial charge in [0, 0.05) is 44.9 Å². The monoisotopic (exact) mass is 421 g/mol. The summed E-state index contributed by atoms with van der Waals surface area (Å²) >= 11 is -2.65. The van der Waals surface area contributed by atoms with E-state index in [0.29, 0.717) is 26.2 Å². The molecular weight excluding hydrogens is 399 g/mol. The molecule has 0 spiro atoms.